The molecule has 0 aliphatic rings. The minimum atomic E-state index is -0.192. The Morgan fingerprint density at radius 2 is 1.68 bits per heavy atom. The van der Waals surface area contributed by atoms with Gasteiger partial charge in [0, 0.05) is 29.8 Å². The summed E-state index contributed by atoms with van der Waals surface area (Å²) in [7, 11) is 4.78. The second-order valence-corrected chi connectivity index (χ2v) is 7.47. The smallest absolute Gasteiger partial charge is 0.268 e. The number of halogens is 1. The molecule has 0 aliphatic heterocycles. The minimum Gasteiger partial charge on any atom is -0.497 e. The van der Waals surface area contributed by atoms with Crippen LogP contribution in [0.4, 0.5) is 0 Å². The van der Waals surface area contributed by atoms with Crippen molar-refractivity contribution >= 4 is 40.9 Å². The number of hydrogen-bond donors (Lipinski definition) is 0. The fraction of sp³-hybridized carbons (Fsp3) is 0.143. The maximum absolute atomic E-state index is 12.6. The maximum Gasteiger partial charge on any atom is 0.268 e. The van der Waals surface area contributed by atoms with Crippen LogP contribution in [0.2, 0.25) is 5.02 Å². The van der Waals surface area contributed by atoms with E-state index in [9.17, 15) is 9.59 Å². The summed E-state index contributed by atoms with van der Waals surface area (Å²) >= 11 is 7.10. The third-order valence-corrected chi connectivity index (χ3v) is 5.48. The Balaban J connectivity index is 2.06. The molecule has 1 heterocycles. The Morgan fingerprint density at radius 1 is 1.07 bits per heavy atom. The summed E-state index contributed by atoms with van der Waals surface area (Å²) in [6.07, 6.45) is 3.21. The molecule has 1 aromatic heterocycles. The van der Waals surface area contributed by atoms with Gasteiger partial charge in [-0.15, -0.1) is 11.3 Å². The van der Waals surface area contributed by atoms with Crippen molar-refractivity contribution in [2.24, 2.45) is 7.05 Å². The van der Waals surface area contributed by atoms with Crippen LogP contribution in [0.3, 0.4) is 0 Å². The lowest BCUT2D eigenvalue weighted by molar-refractivity contribution is 0.106. The van der Waals surface area contributed by atoms with Crippen molar-refractivity contribution in [2.45, 2.75) is 0 Å². The first kappa shape index (κ1) is 19.9. The van der Waals surface area contributed by atoms with Crippen LogP contribution < -0.4 is 24.2 Å². The molecule has 0 spiro atoms. The zero-order valence-corrected chi connectivity index (χ0v) is 17.1. The quantitative estimate of drug-likeness (QED) is 0.601. The van der Waals surface area contributed by atoms with E-state index in [0.29, 0.717) is 31.3 Å². The van der Waals surface area contributed by atoms with Crippen LogP contribution in [0, 0.1) is 0 Å². The van der Waals surface area contributed by atoms with Gasteiger partial charge in [0.15, 0.2) is 5.78 Å². The van der Waals surface area contributed by atoms with Crippen molar-refractivity contribution in [1.29, 1.82) is 0 Å². The Bertz CT molecular complexity index is 1170. The molecule has 0 saturated carbocycles. The summed E-state index contributed by atoms with van der Waals surface area (Å²) < 4.78 is 13.1. The van der Waals surface area contributed by atoms with Gasteiger partial charge >= 0.3 is 0 Å². The zero-order valence-electron chi connectivity index (χ0n) is 15.6. The Labute approximate surface area is 170 Å². The second kappa shape index (κ2) is 8.46. The molecule has 0 saturated heterocycles. The molecule has 144 valence electrons. The van der Waals surface area contributed by atoms with E-state index in [4.69, 9.17) is 21.1 Å². The highest BCUT2D eigenvalue weighted by Crippen LogP contribution is 2.22. The molecule has 3 aromatic rings. The standard InChI is InChI=1S/C21H18ClNO4S/c1-23-20(12-18(24)14-4-6-15(22)7-5-14)28-19(21(23)25)10-13-8-16(26-2)11-17(9-13)27-3/h4-12H,1-3H3/b19-10-,20-12-. The van der Waals surface area contributed by atoms with Gasteiger partial charge < -0.3 is 14.0 Å². The topological polar surface area (TPSA) is 57.5 Å². The molecule has 28 heavy (non-hydrogen) atoms. The van der Waals surface area contributed by atoms with Crippen molar-refractivity contribution in [2.75, 3.05) is 14.2 Å². The van der Waals surface area contributed by atoms with Crippen molar-refractivity contribution in [3.05, 3.63) is 78.2 Å². The fourth-order valence-electron chi connectivity index (χ4n) is 2.58. The van der Waals surface area contributed by atoms with Gasteiger partial charge in [-0.3, -0.25) is 9.59 Å². The number of carbonyl (C=O) groups excluding carboxylic acids is 1. The van der Waals surface area contributed by atoms with Gasteiger partial charge in [-0.05, 0) is 48.0 Å². The normalized spacial score (nSPS) is 12.3. The number of methoxy groups -OCH3 is 2. The van der Waals surface area contributed by atoms with Gasteiger partial charge in [0.2, 0.25) is 0 Å². The Kier molecular flexibility index (Phi) is 6.02. The molecule has 0 unspecified atom stereocenters. The average molecular weight is 416 g/mol. The van der Waals surface area contributed by atoms with Gasteiger partial charge in [0.25, 0.3) is 5.56 Å². The highest BCUT2D eigenvalue weighted by molar-refractivity contribution is 7.07. The number of nitrogens with zero attached hydrogens (tertiary/aromatic N) is 1. The predicted octanol–water partition coefficient (Wildman–Crippen LogP) is 2.61. The molecule has 2 aromatic carbocycles. The van der Waals surface area contributed by atoms with Crippen molar-refractivity contribution in [1.82, 2.24) is 4.57 Å². The number of rotatable bonds is 5. The van der Waals surface area contributed by atoms with E-state index in [1.807, 2.05) is 12.1 Å². The first-order valence-electron chi connectivity index (χ1n) is 8.33. The van der Waals surface area contributed by atoms with Crippen LogP contribution in [0.5, 0.6) is 11.5 Å². The van der Waals surface area contributed by atoms with Crippen LogP contribution in [0.25, 0.3) is 12.2 Å². The van der Waals surface area contributed by atoms with E-state index in [1.165, 1.54) is 22.0 Å². The SMILES string of the molecule is COc1cc(/C=c2\s/c(=C\C(=O)c3ccc(Cl)cc3)n(C)c2=O)cc(OC)c1. The Hall–Kier alpha value is -2.83. The number of ketones is 1. The number of thiazole rings is 1. The summed E-state index contributed by atoms with van der Waals surface area (Å²) in [5.74, 6) is 1.07. The third-order valence-electron chi connectivity index (χ3n) is 4.12. The fourth-order valence-corrected chi connectivity index (χ4v) is 3.74. The molecule has 7 heteroatoms. The predicted molar refractivity (Wildman–Crippen MR) is 112 cm³/mol. The number of aromatic nitrogens is 1. The largest absolute Gasteiger partial charge is 0.497 e. The monoisotopic (exact) mass is 415 g/mol. The Morgan fingerprint density at radius 3 is 2.25 bits per heavy atom. The summed E-state index contributed by atoms with van der Waals surface area (Å²) in [6, 6.07) is 12.0. The molecule has 0 fully saturated rings. The lowest BCUT2D eigenvalue weighted by Gasteiger charge is -2.05. The lowest BCUT2D eigenvalue weighted by Crippen LogP contribution is -2.29. The van der Waals surface area contributed by atoms with Crippen molar-refractivity contribution in [3.63, 3.8) is 0 Å². The minimum absolute atomic E-state index is 0.179. The second-order valence-electron chi connectivity index (χ2n) is 5.97. The molecule has 0 aliphatic carbocycles. The van der Waals surface area contributed by atoms with Gasteiger partial charge in [-0.2, -0.15) is 0 Å². The van der Waals surface area contributed by atoms with Gasteiger partial charge in [0.05, 0.1) is 18.8 Å². The molecule has 0 amide bonds. The highest BCUT2D eigenvalue weighted by atomic mass is 35.5. The molecule has 0 bridgehead atoms. The van der Waals surface area contributed by atoms with E-state index in [-0.39, 0.29) is 11.3 Å². The summed E-state index contributed by atoms with van der Waals surface area (Å²) in [5.41, 5.74) is 1.10. The first-order valence-corrected chi connectivity index (χ1v) is 9.53. The van der Waals surface area contributed by atoms with Crippen molar-refractivity contribution in [3.8, 4) is 11.5 Å². The average Bonchev–Trinajstić information content (AvgIpc) is 2.95. The third kappa shape index (κ3) is 4.35. The number of benzene rings is 2. The van der Waals surface area contributed by atoms with Gasteiger partial charge in [-0.25, -0.2) is 0 Å². The van der Waals surface area contributed by atoms with E-state index in [0.717, 1.165) is 5.56 Å². The summed E-state index contributed by atoms with van der Waals surface area (Å²) in [5, 5.41) is 0.561. The van der Waals surface area contributed by atoms with Crippen molar-refractivity contribution < 1.29 is 14.3 Å². The molecule has 5 nitrogen and oxygen atoms in total. The van der Waals surface area contributed by atoms with E-state index in [1.54, 1.807) is 57.7 Å². The van der Waals surface area contributed by atoms with Crippen LogP contribution >= 0.6 is 22.9 Å². The molecule has 0 atom stereocenters. The summed E-state index contributed by atoms with van der Waals surface area (Å²) in [6.45, 7) is 0. The molecule has 3 rings (SSSR count). The first-order chi connectivity index (χ1) is 13.4. The van der Waals surface area contributed by atoms with Crippen LogP contribution in [0.15, 0.2) is 47.3 Å². The van der Waals surface area contributed by atoms with E-state index in [2.05, 4.69) is 0 Å². The lowest BCUT2D eigenvalue weighted by atomic mass is 10.1. The van der Waals surface area contributed by atoms with E-state index >= 15 is 0 Å². The number of ether oxygens (including phenoxy) is 2. The van der Waals surface area contributed by atoms with Crippen LogP contribution in [-0.2, 0) is 7.05 Å². The molecular weight excluding hydrogens is 398 g/mol. The summed E-state index contributed by atoms with van der Waals surface area (Å²) in [4.78, 5) is 25.1. The number of hydrogen-bond acceptors (Lipinski definition) is 5. The zero-order chi connectivity index (χ0) is 20.3. The van der Waals surface area contributed by atoms with Crippen LogP contribution in [0.1, 0.15) is 15.9 Å². The van der Waals surface area contributed by atoms with E-state index < -0.39 is 0 Å². The highest BCUT2D eigenvalue weighted by Gasteiger charge is 2.07. The number of Topliss-reactive ketones (excluding diaryl/α,β-unsaturated/α-hetero) is 1. The van der Waals surface area contributed by atoms with Crippen LogP contribution in [-0.4, -0.2) is 24.6 Å². The molecular formula is C21H18ClNO4S. The molecule has 0 radical (unpaired) electrons. The number of carbonyl (C=O) groups is 1. The van der Waals surface area contributed by atoms with Gasteiger partial charge in [-0.1, -0.05) is 11.6 Å². The van der Waals surface area contributed by atoms with Gasteiger partial charge in [0.1, 0.15) is 16.2 Å². The molecule has 0 N–H and O–H groups in total. The maximum atomic E-state index is 12.6.